The minimum atomic E-state index is -0.315. The first-order valence-electron chi connectivity index (χ1n) is 7.42. The quantitative estimate of drug-likeness (QED) is 0.835. The van der Waals surface area contributed by atoms with Crippen LogP contribution in [0.25, 0.3) is 6.08 Å². The maximum atomic E-state index is 12.3. The van der Waals surface area contributed by atoms with Gasteiger partial charge in [-0.05, 0) is 24.1 Å². The Kier molecular flexibility index (Phi) is 5.69. The summed E-state index contributed by atoms with van der Waals surface area (Å²) in [6.07, 6.45) is 1.66. The molecule has 0 heterocycles. The van der Waals surface area contributed by atoms with Crippen molar-refractivity contribution in [3.63, 3.8) is 0 Å². The number of benzene rings is 2. The Labute approximate surface area is 136 Å². The summed E-state index contributed by atoms with van der Waals surface area (Å²) < 4.78 is 0. The summed E-state index contributed by atoms with van der Waals surface area (Å²) in [5.41, 5.74) is 3.26. The molecule has 0 aliphatic carbocycles. The lowest BCUT2D eigenvalue weighted by Gasteiger charge is -2.10. The van der Waals surface area contributed by atoms with Crippen LogP contribution in [0, 0.1) is 6.92 Å². The Balaban J connectivity index is 2.09. The van der Waals surface area contributed by atoms with Gasteiger partial charge < -0.3 is 10.6 Å². The molecule has 118 valence electrons. The standard InChI is InChI=1S/C19H20N2O2/c1-14-8-10-17(11-9-14)13-20-19(23)18(21-15(2)22)12-16-6-4-3-5-7-16/h3-12H,13H2,1-2H3,(H,20,23)(H,21,22)/b18-12-. The lowest BCUT2D eigenvalue weighted by atomic mass is 10.1. The lowest BCUT2D eigenvalue weighted by Crippen LogP contribution is -2.33. The monoisotopic (exact) mass is 308 g/mol. The number of carbonyl (C=O) groups excluding carboxylic acids is 2. The van der Waals surface area contributed by atoms with Crippen LogP contribution >= 0.6 is 0 Å². The number of amides is 2. The first kappa shape index (κ1) is 16.5. The van der Waals surface area contributed by atoms with E-state index in [2.05, 4.69) is 10.6 Å². The minimum Gasteiger partial charge on any atom is -0.347 e. The number of hydrogen-bond acceptors (Lipinski definition) is 2. The van der Waals surface area contributed by atoms with E-state index in [1.165, 1.54) is 12.5 Å². The van der Waals surface area contributed by atoms with E-state index in [1.807, 2.05) is 61.5 Å². The number of carbonyl (C=O) groups is 2. The maximum Gasteiger partial charge on any atom is 0.268 e. The molecule has 2 rings (SSSR count). The van der Waals surface area contributed by atoms with Gasteiger partial charge in [-0.15, -0.1) is 0 Å². The number of nitrogens with one attached hydrogen (secondary N) is 2. The van der Waals surface area contributed by atoms with Crippen LogP contribution in [0.3, 0.4) is 0 Å². The SMILES string of the molecule is CC(=O)N/C(=C\c1ccccc1)C(=O)NCc1ccc(C)cc1. The van der Waals surface area contributed by atoms with Crippen molar-refractivity contribution in [2.24, 2.45) is 0 Å². The fourth-order valence-corrected chi connectivity index (χ4v) is 2.05. The highest BCUT2D eigenvalue weighted by molar-refractivity contribution is 6.00. The van der Waals surface area contributed by atoms with Gasteiger partial charge in [0.2, 0.25) is 5.91 Å². The first-order chi connectivity index (χ1) is 11.0. The maximum absolute atomic E-state index is 12.3. The summed E-state index contributed by atoms with van der Waals surface area (Å²) in [5.74, 6) is -0.595. The summed E-state index contributed by atoms with van der Waals surface area (Å²) in [7, 11) is 0. The van der Waals surface area contributed by atoms with Crippen molar-refractivity contribution in [2.75, 3.05) is 0 Å². The van der Waals surface area contributed by atoms with E-state index in [4.69, 9.17) is 0 Å². The van der Waals surface area contributed by atoms with E-state index in [-0.39, 0.29) is 17.5 Å². The van der Waals surface area contributed by atoms with Crippen molar-refractivity contribution >= 4 is 17.9 Å². The number of hydrogen-bond donors (Lipinski definition) is 2. The molecule has 0 saturated carbocycles. The van der Waals surface area contributed by atoms with Crippen LogP contribution in [-0.2, 0) is 16.1 Å². The van der Waals surface area contributed by atoms with E-state index >= 15 is 0 Å². The molecule has 0 aromatic heterocycles. The lowest BCUT2D eigenvalue weighted by molar-refractivity contribution is -0.122. The molecule has 2 aromatic rings. The summed E-state index contributed by atoms with van der Waals surface area (Å²) in [6.45, 7) is 3.80. The zero-order valence-electron chi connectivity index (χ0n) is 13.3. The van der Waals surface area contributed by atoms with Crippen molar-refractivity contribution in [3.8, 4) is 0 Å². The van der Waals surface area contributed by atoms with E-state index < -0.39 is 0 Å². The van der Waals surface area contributed by atoms with Crippen LogP contribution in [0.5, 0.6) is 0 Å². The molecule has 0 unspecified atom stereocenters. The van der Waals surface area contributed by atoms with Crippen LogP contribution in [0.1, 0.15) is 23.6 Å². The van der Waals surface area contributed by atoms with E-state index in [0.717, 1.165) is 11.1 Å². The summed E-state index contributed by atoms with van der Waals surface area (Å²) in [5, 5.41) is 5.41. The van der Waals surface area contributed by atoms with Gasteiger partial charge in [0, 0.05) is 13.5 Å². The smallest absolute Gasteiger partial charge is 0.268 e. The van der Waals surface area contributed by atoms with Crippen molar-refractivity contribution in [1.82, 2.24) is 10.6 Å². The van der Waals surface area contributed by atoms with Gasteiger partial charge in [-0.25, -0.2) is 0 Å². The summed E-state index contributed by atoms with van der Waals surface area (Å²) in [6, 6.07) is 17.3. The Morgan fingerprint density at radius 1 is 1.00 bits per heavy atom. The van der Waals surface area contributed by atoms with Crippen molar-refractivity contribution < 1.29 is 9.59 Å². The second-order valence-corrected chi connectivity index (χ2v) is 5.32. The molecule has 2 aromatic carbocycles. The fraction of sp³-hybridized carbons (Fsp3) is 0.158. The predicted octanol–water partition coefficient (Wildman–Crippen LogP) is 2.79. The molecule has 4 nitrogen and oxygen atoms in total. The van der Waals surface area contributed by atoms with Crippen LogP contribution in [0.2, 0.25) is 0 Å². The molecule has 0 fully saturated rings. The van der Waals surface area contributed by atoms with Crippen molar-refractivity contribution in [1.29, 1.82) is 0 Å². The Bertz CT molecular complexity index is 704. The third-order valence-corrected chi connectivity index (χ3v) is 3.24. The van der Waals surface area contributed by atoms with E-state index in [0.29, 0.717) is 6.54 Å². The zero-order chi connectivity index (χ0) is 16.7. The molecule has 0 aliphatic rings. The molecule has 0 radical (unpaired) electrons. The topological polar surface area (TPSA) is 58.2 Å². The fourth-order valence-electron chi connectivity index (χ4n) is 2.05. The van der Waals surface area contributed by atoms with Crippen LogP contribution in [0.4, 0.5) is 0 Å². The van der Waals surface area contributed by atoms with Gasteiger partial charge in [-0.2, -0.15) is 0 Å². The molecule has 23 heavy (non-hydrogen) atoms. The molecule has 0 saturated heterocycles. The van der Waals surface area contributed by atoms with Crippen LogP contribution < -0.4 is 10.6 Å². The van der Waals surface area contributed by atoms with Crippen LogP contribution in [0.15, 0.2) is 60.3 Å². The Hall–Kier alpha value is -2.88. The zero-order valence-corrected chi connectivity index (χ0v) is 13.3. The highest BCUT2D eigenvalue weighted by Crippen LogP contribution is 2.06. The van der Waals surface area contributed by atoms with Gasteiger partial charge in [0.1, 0.15) is 5.70 Å². The minimum absolute atomic E-state index is 0.232. The molecular weight excluding hydrogens is 288 g/mol. The molecule has 0 bridgehead atoms. The van der Waals surface area contributed by atoms with Crippen molar-refractivity contribution in [2.45, 2.75) is 20.4 Å². The predicted molar refractivity (Wildman–Crippen MR) is 91.3 cm³/mol. The van der Waals surface area contributed by atoms with Gasteiger partial charge in [0.05, 0.1) is 0 Å². The highest BCUT2D eigenvalue weighted by Gasteiger charge is 2.10. The Morgan fingerprint density at radius 2 is 1.65 bits per heavy atom. The second kappa shape index (κ2) is 7.94. The molecule has 0 spiro atoms. The van der Waals surface area contributed by atoms with Crippen LogP contribution in [-0.4, -0.2) is 11.8 Å². The third kappa shape index (κ3) is 5.43. The van der Waals surface area contributed by atoms with Crippen molar-refractivity contribution in [3.05, 3.63) is 77.0 Å². The molecule has 0 aliphatic heterocycles. The van der Waals surface area contributed by atoms with E-state index in [9.17, 15) is 9.59 Å². The van der Waals surface area contributed by atoms with Gasteiger partial charge in [0.15, 0.2) is 0 Å². The summed E-state index contributed by atoms with van der Waals surface area (Å²) >= 11 is 0. The second-order valence-electron chi connectivity index (χ2n) is 5.32. The molecule has 0 atom stereocenters. The third-order valence-electron chi connectivity index (χ3n) is 3.24. The average molecular weight is 308 g/mol. The number of rotatable bonds is 5. The molecule has 2 amide bonds. The Morgan fingerprint density at radius 3 is 2.26 bits per heavy atom. The first-order valence-corrected chi connectivity index (χ1v) is 7.42. The van der Waals surface area contributed by atoms with Gasteiger partial charge in [0.25, 0.3) is 5.91 Å². The normalized spacial score (nSPS) is 11.0. The summed E-state index contributed by atoms with van der Waals surface area (Å²) in [4.78, 5) is 23.7. The number of aryl methyl sites for hydroxylation is 1. The molecule has 2 N–H and O–H groups in total. The molecular formula is C19H20N2O2. The highest BCUT2D eigenvalue weighted by atomic mass is 16.2. The van der Waals surface area contributed by atoms with Gasteiger partial charge in [-0.3, -0.25) is 9.59 Å². The largest absolute Gasteiger partial charge is 0.347 e. The van der Waals surface area contributed by atoms with Gasteiger partial charge >= 0.3 is 0 Å². The average Bonchev–Trinajstić information content (AvgIpc) is 2.54. The molecule has 4 heteroatoms. The van der Waals surface area contributed by atoms with E-state index in [1.54, 1.807) is 6.08 Å². The van der Waals surface area contributed by atoms with Gasteiger partial charge in [-0.1, -0.05) is 60.2 Å².